The number of benzene rings is 21. The Morgan fingerprint density at radius 1 is 0.145 bits per heavy atom. The summed E-state index contributed by atoms with van der Waals surface area (Å²) in [5.41, 5.74) is 34.9. The van der Waals surface area contributed by atoms with Crippen molar-refractivity contribution in [2.75, 3.05) is 14.7 Å². The van der Waals surface area contributed by atoms with Crippen LogP contribution in [0.1, 0.15) is 130 Å². The molecule has 0 saturated heterocycles. The molecule has 12 fully saturated rings. The predicted octanol–water partition coefficient (Wildman–Crippen LogP) is 38.0. The van der Waals surface area contributed by atoms with E-state index in [1.165, 1.54) is 279 Å². The minimum Gasteiger partial charge on any atom is -0.310 e. The highest BCUT2D eigenvalue weighted by Crippen LogP contribution is 2.74. The SMILES string of the molecule is c1ccc2c(c1)-c1cc(N(c3ccc(-c4ccc5ccccc5c4)cc3)c3cccc4ccccc34)ccc1C21C2CC3CC(C2)CC1C3.c1ccc2c(c1)-c1cc(N(c3ccc(-c4cccc5ccccc45)cc3)c3cccc4ccccc34)ccc1C21C2CC3CC(C2)CC1C3.c1ccc2c(c1)-c1cc(N(c3ccc4c(ccc5ccccc54)c3)c3cccc4ccccc34)ccc1C21C2CC3CC(C2)CC1C3. The van der Waals surface area contributed by atoms with Crippen LogP contribution in [-0.2, 0) is 16.2 Å². The second kappa shape index (κ2) is 32.9. The van der Waals surface area contributed by atoms with Crippen LogP contribution >= 0.6 is 0 Å². The first-order valence-electron chi connectivity index (χ1n) is 54.4. The smallest absolute Gasteiger partial charge is 0.0540 e. The third-order valence-electron chi connectivity index (χ3n) is 38.8. The monoisotopic (exact) mass is 1860 g/mol. The quantitative estimate of drug-likeness (QED) is 0.120. The van der Waals surface area contributed by atoms with Crippen molar-refractivity contribution in [1.29, 1.82) is 0 Å². The highest BCUT2D eigenvalue weighted by molar-refractivity contribution is 6.11. The molecular weight excluding hydrogens is 1750 g/mol. The van der Waals surface area contributed by atoms with Crippen molar-refractivity contribution in [1.82, 2.24) is 0 Å². The van der Waals surface area contributed by atoms with E-state index in [1.807, 2.05) is 0 Å². The Kier molecular flexibility index (Phi) is 19.2. The van der Waals surface area contributed by atoms with Gasteiger partial charge in [0.05, 0.1) is 17.1 Å². The highest BCUT2D eigenvalue weighted by atomic mass is 15.2. The van der Waals surface area contributed by atoms with Crippen molar-refractivity contribution in [3.05, 3.63) is 476 Å². The van der Waals surface area contributed by atoms with Gasteiger partial charge in [-0.1, -0.05) is 346 Å². The van der Waals surface area contributed by atoms with Crippen molar-refractivity contribution < 1.29 is 0 Å². The van der Waals surface area contributed by atoms with Gasteiger partial charge in [-0.2, -0.15) is 0 Å². The summed E-state index contributed by atoms with van der Waals surface area (Å²) in [4.78, 5) is 7.51. The maximum absolute atomic E-state index is 2.56. The Morgan fingerprint density at radius 2 is 0.407 bits per heavy atom. The van der Waals surface area contributed by atoms with Crippen molar-refractivity contribution in [2.45, 2.75) is 113 Å². The maximum Gasteiger partial charge on any atom is 0.0540 e. The molecular formula is C142H115N3. The molecule has 698 valence electrons. The number of hydrogen-bond donors (Lipinski definition) is 0. The van der Waals surface area contributed by atoms with Gasteiger partial charge < -0.3 is 14.7 Å². The second-order valence-corrected chi connectivity index (χ2v) is 45.7. The maximum atomic E-state index is 2.56. The van der Waals surface area contributed by atoms with Gasteiger partial charge in [-0.3, -0.25) is 0 Å². The molecule has 0 aliphatic heterocycles. The van der Waals surface area contributed by atoms with Crippen molar-refractivity contribution in [3.63, 3.8) is 0 Å². The van der Waals surface area contributed by atoms with Gasteiger partial charge in [0.15, 0.2) is 0 Å². The first kappa shape index (κ1) is 84.4. The van der Waals surface area contributed by atoms with E-state index in [0.717, 1.165) is 71.0 Å². The van der Waals surface area contributed by atoms with Gasteiger partial charge in [0.25, 0.3) is 0 Å². The Morgan fingerprint density at radius 3 is 0.821 bits per heavy atom. The van der Waals surface area contributed by atoms with Crippen molar-refractivity contribution in [2.24, 2.45) is 71.0 Å². The van der Waals surface area contributed by atoms with Crippen LogP contribution in [0, 0.1) is 71.0 Å². The molecule has 3 nitrogen and oxygen atoms in total. The summed E-state index contributed by atoms with van der Waals surface area (Å²) in [5, 5.41) is 17.9. The average molecular weight is 1860 g/mol. The fourth-order valence-electron chi connectivity index (χ4n) is 33.9. The molecule has 36 rings (SSSR count). The van der Waals surface area contributed by atoms with E-state index in [-0.39, 0.29) is 16.2 Å². The van der Waals surface area contributed by atoms with E-state index in [4.69, 9.17) is 0 Å². The molecule has 0 aromatic heterocycles. The lowest BCUT2D eigenvalue weighted by molar-refractivity contribution is -0.0399. The molecule has 0 amide bonds. The fraction of sp³-hybridized carbons (Fsp3) is 0.211. The number of rotatable bonds is 11. The van der Waals surface area contributed by atoms with Gasteiger partial charge in [-0.25, -0.2) is 0 Å². The van der Waals surface area contributed by atoms with Gasteiger partial charge >= 0.3 is 0 Å². The zero-order valence-electron chi connectivity index (χ0n) is 82.0. The summed E-state index contributed by atoms with van der Waals surface area (Å²) in [7, 11) is 0. The molecule has 145 heavy (non-hydrogen) atoms. The van der Waals surface area contributed by atoms with Gasteiger partial charge in [-0.15, -0.1) is 0 Å². The lowest BCUT2D eigenvalue weighted by atomic mass is 9.43. The average Bonchev–Trinajstić information content (AvgIpc) is 1.58. The zero-order valence-corrected chi connectivity index (χ0v) is 82.0. The molecule has 3 spiro atoms. The van der Waals surface area contributed by atoms with E-state index in [0.29, 0.717) is 0 Å². The van der Waals surface area contributed by atoms with Crippen LogP contribution in [0.2, 0.25) is 0 Å². The molecule has 0 heterocycles. The molecule has 0 unspecified atom stereocenters. The summed E-state index contributed by atoms with van der Waals surface area (Å²) >= 11 is 0. The number of nitrogens with zero attached hydrogens (tertiary/aromatic N) is 3. The summed E-state index contributed by atoms with van der Waals surface area (Å²) in [6.07, 6.45) is 21.4. The summed E-state index contributed by atoms with van der Waals surface area (Å²) in [6.45, 7) is 0. The third-order valence-corrected chi connectivity index (χ3v) is 38.8. The van der Waals surface area contributed by atoms with Crippen molar-refractivity contribution in [3.8, 4) is 55.6 Å². The lowest BCUT2D eigenvalue weighted by Gasteiger charge is -2.61. The molecule has 15 aliphatic rings. The first-order valence-corrected chi connectivity index (χ1v) is 54.4. The van der Waals surface area contributed by atoms with Gasteiger partial charge in [0.2, 0.25) is 0 Å². The summed E-state index contributed by atoms with van der Waals surface area (Å²) in [5.74, 6) is 10.3. The Labute approximate surface area is 850 Å². The molecule has 21 aromatic rings. The molecule has 12 bridgehead atoms. The minimum absolute atomic E-state index is 0.183. The molecule has 12 saturated carbocycles. The van der Waals surface area contributed by atoms with E-state index < -0.39 is 0 Å². The van der Waals surface area contributed by atoms with Crippen LogP contribution in [0.25, 0.3) is 131 Å². The van der Waals surface area contributed by atoms with Crippen molar-refractivity contribution >= 4 is 127 Å². The fourth-order valence-corrected chi connectivity index (χ4v) is 33.9. The molecule has 0 radical (unpaired) electrons. The van der Waals surface area contributed by atoms with Gasteiger partial charge in [-0.05, 0) is 413 Å². The standard InChI is InChI=1S/2C48H39N.C46H37N/c1-3-13-40-33(9-1)11-7-16-41(40)35-19-21-38(22-20-35)49(47-18-8-12-34-10-2-4-14-42(34)47)39-23-24-46-44(30-39)43-15-5-6-17-45(43)48(46)36-26-31-25-32(28-36)29-37(48)27-31;1-2-10-36-29-37(17-16-33(36)8-1)34-18-20-40(21-19-34)49(47-15-7-11-35-9-3-4-12-42(35)47)41-22-23-46-44(30-41)43-13-5-6-14-45(43)48(46)38-25-31-24-32(27-38)28-39(48)26-31;1-3-11-38-32(9-1)16-17-33-27-36(18-20-39(33)38)47(45-15-7-10-31-8-2-4-12-40(31)45)37-19-21-44-42(28-37)41-13-5-6-14-43(41)46(44)34-23-29-22-30(25-34)26-35(46)24-29/h1-24,30-32,36-37H,25-29H2;1-23,29-32,38-39H,24-28H2;1-21,27-30,34-35H,22-26H2. The van der Waals surface area contributed by atoms with E-state index in [9.17, 15) is 0 Å². The zero-order chi connectivity index (χ0) is 94.9. The van der Waals surface area contributed by atoms with Crippen LogP contribution in [0.15, 0.2) is 443 Å². The lowest BCUT2D eigenvalue weighted by Crippen LogP contribution is -2.55. The Bertz CT molecular complexity index is 8740. The van der Waals surface area contributed by atoms with Crippen LogP contribution in [0.4, 0.5) is 51.2 Å². The summed E-state index contributed by atoms with van der Waals surface area (Å²) in [6, 6.07) is 167. The topological polar surface area (TPSA) is 9.72 Å². The van der Waals surface area contributed by atoms with Crippen LogP contribution in [-0.4, -0.2) is 0 Å². The normalized spacial score (nSPS) is 24.6. The third kappa shape index (κ3) is 12.8. The van der Waals surface area contributed by atoms with E-state index >= 15 is 0 Å². The van der Waals surface area contributed by atoms with Crippen LogP contribution in [0.5, 0.6) is 0 Å². The molecule has 0 N–H and O–H groups in total. The molecule has 21 aromatic carbocycles. The van der Waals surface area contributed by atoms with E-state index in [2.05, 4.69) is 458 Å². The second-order valence-electron chi connectivity index (χ2n) is 45.7. The minimum atomic E-state index is 0.183. The molecule has 3 heteroatoms. The Balaban J connectivity index is 0.0000000990. The molecule has 0 atom stereocenters. The van der Waals surface area contributed by atoms with Crippen LogP contribution < -0.4 is 14.7 Å². The number of fused-ring (bicyclic) bond motifs is 17. The van der Waals surface area contributed by atoms with Gasteiger partial charge in [0.1, 0.15) is 0 Å². The predicted molar refractivity (Wildman–Crippen MR) is 607 cm³/mol. The molecule has 15 aliphatic carbocycles. The number of hydrogen-bond acceptors (Lipinski definition) is 3. The summed E-state index contributed by atoms with van der Waals surface area (Å²) < 4.78 is 0. The highest BCUT2D eigenvalue weighted by Gasteiger charge is 2.65. The Hall–Kier alpha value is -15.2. The first-order chi connectivity index (χ1) is 71.7. The van der Waals surface area contributed by atoms with Crippen LogP contribution in [0.3, 0.4) is 0 Å². The largest absolute Gasteiger partial charge is 0.310 e. The van der Waals surface area contributed by atoms with E-state index in [1.54, 1.807) is 33.4 Å². The van der Waals surface area contributed by atoms with Gasteiger partial charge in [0, 0.05) is 66.5 Å². The number of anilines is 9.